The summed E-state index contributed by atoms with van der Waals surface area (Å²) in [6.07, 6.45) is 2.64. The van der Waals surface area contributed by atoms with Crippen LogP contribution in [0.3, 0.4) is 0 Å². The zero-order chi connectivity index (χ0) is 10.1. The monoisotopic (exact) mass is 212 g/mol. The molecule has 5 heteroatoms. The lowest BCUT2D eigenvalue weighted by atomic mass is 10.2. The fraction of sp³-hybridized carbons (Fsp3) is 0.556. The third kappa shape index (κ3) is 1.62. The van der Waals surface area contributed by atoms with E-state index < -0.39 is 0 Å². The highest BCUT2D eigenvalue weighted by molar-refractivity contribution is 6.32. The SMILES string of the molecule is CC1CCN(c2ncnc(Cl)c2N)C1. The average molecular weight is 213 g/mol. The van der Waals surface area contributed by atoms with E-state index in [1.807, 2.05) is 0 Å². The molecule has 1 atom stereocenters. The summed E-state index contributed by atoms with van der Waals surface area (Å²) in [7, 11) is 0. The van der Waals surface area contributed by atoms with Crippen LogP contribution in [0.2, 0.25) is 5.15 Å². The third-order valence-electron chi connectivity index (χ3n) is 2.54. The van der Waals surface area contributed by atoms with Crippen LogP contribution in [0.25, 0.3) is 0 Å². The first-order valence-corrected chi connectivity index (χ1v) is 5.07. The van der Waals surface area contributed by atoms with Crippen molar-refractivity contribution in [1.82, 2.24) is 9.97 Å². The van der Waals surface area contributed by atoms with Gasteiger partial charge in [0.05, 0.1) is 0 Å². The fourth-order valence-corrected chi connectivity index (χ4v) is 1.87. The molecule has 1 aromatic heterocycles. The summed E-state index contributed by atoms with van der Waals surface area (Å²) in [5.41, 5.74) is 6.30. The topological polar surface area (TPSA) is 55.0 Å². The van der Waals surface area contributed by atoms with Crippen molar-refractivity contribution in [3.05, 3.63) is 11.5 Å². The molecular formula is C9H13ClN4. The van der Waals surface area contributed by atoms with Crippen LogP contribution in [-0.2, 0) is 0 Å². The van der Waals surface area contributed by atoms with E-state index in [1.165, 1.54) is 12.7 Å². The molecule has 14 heavy (non-hydrogen) atoms. The highest BCUT2D eigenvalue weighted by Gasteiger charge is 2.22. The standard InChI is InChI=1S/C9H13ClN4/c1-6-2-3-14(4-6)9-7(11)8(10)12-5-13-9/h5-6H,2-4,11H2,1H3. The number of rotatable bonds is 1. The van der Waals surface area contributed by atoms with E-state index in [0.29, 0.717) is 16.8 Å². The second-order valence-electron chi connectivity index (χ2n) is 3.74. The fourth-order valence-electron chi connectivity index (χ4n) is 1.74. The molecule has 0 amide bonds. The van der Waals surface area contributed by atoms with Crippen LogP contribution >= 0.6 is 11.6 Å². The number of anilines is 2. The van der Waals surface area contributed by atoms with E-state index in [1.54, 1.807) is 0 Å². The lowest BCUT2D eigenvalue weighted by Crippen LogP contribution is -2.21. The maximum absolute atomic E-state index is 5.83. The van der Waals surface area contributed by atoms with Gasteiger partial charge in [0.15, 0.2) is 11.0 Å². The molecule has 4 nitrogen and oxygen atoms in total. The predicted molar refractivity (Wildman–Crippen MR) is 57.4 cm³/mol. The highest BCUT2D eigenvalue weighted by Crippen LogP contribution is 2.29. The van der Waals surface area contributed by atoms with Crippen LogP contribution in [0.5, 0.6) is 0 Å². The van der Waals surface area contributed by atoms with Crippen LogP contribution in [0.1, 0.15) is 13.3 Å². The smallest absolute Gasteiger partial charge is 0.157 e. The van der Waals surface area contributed by atoms with Gasteiger partial charge in [-0.05, 0) is 12.3 Å². The summed E-state index contributed by atoms with van der Waals surface area (Å²) < 4.78 is 0. The molecule has 76 valence electrons. The van der Waals surface area contributed by atoms with E-state index in [-0.39, 0.29) is 0 Å². The Morgan fingerprint density at radius 3 is 3.00 bits per heavy atom. The summed E-state index contributed by atoms with van der Waals surface area (Å²) in [5, 5.41) is 0.342. The lowest BCUT2D eigenvalue weighted by Gasteiger charge is -2.18. The molecular weight excluding hydrogens is 200 g/mol. The summed E-state index contributed by atoms with van der Waals surface area (Å²) in [5.74, 6) is 1.47. The molecule has 1 aromatic rings. The summed E-state index contributed by atoms with van der Waals surface area (Å²) in [6, 6.07) is 0. The molecule has 0 bridgehead atoms. The molecule has 0 aliphatic carbocycles. The second-order valence-corrected chi connectivity index (χ2v) is 4.10. The van der Waals surface area contributed by atoms with Gasteiger partial charge >= 0.3 is 0 Å². The normalized spacial score (nSPS) is 21.6. The summed E-state index contributed by atoms with van der Waals surface area (Å²) in [4.78, 5) is 10.2. The van der Waals surface area contributed by atoms with Crippen molar-refractivity contribution in [2.45, 2.75) is 13.3 Å². The van der Waals surface area contributed by atoms with Crippen LogP contribution in [0.4, 0.5) is 11.5 Å². The minimum absolute atomic E-state index is 0.342. The molecule has 0 aromatic carbocycles. The van der Waals surface area contributed by atoms with E-state index >= 15 is 0 Å². The second kappa shape index (κ2) is 3.61. The first-order chi connectivity index (χ1) is 6.68. The van der Waals surface area contributed by atoms with Crippen molar-refractivity contribution in [2.24, 2.45) is 5.92 Å². The van der Waals surface area contributed by atoms with E-state index in [2.05, 4.69) is 21.8 Å². The van der Waals surface area contributed by atoms with Crippen molar-refractivity contribution >= 4 is 23.1 Å². The largest absolute Gasteiger partial charge is 0.393 e. The number of halogens is 1. The molecule has 2 rings (SSSR count). The zero-order valence-electron chi connectivity index (χ0n) is 8.07. The minimum Gasteiger partial charge on any atom is -0.393 e. The minimum atomic E-state index is 0.342. The van der Waals surface area contributed by atoms with Gasteiger partial charge in [0.2, 0.25) is 0 Å². The van der Waals surface area contributed by atoms with Crippen LogP contribution < -0.4 is 10.6 Å². The summed E-state index contributed by atoms with van der Waals surface area (Å²) >= 11 is 5.83. The maximum Gasteiger partial charge on any atom is 0.157 e. The maximum atomic E-state index is 5.83. The van der Waals surface area contributed by atoms with Gasteiger partial charge in [0.1, 0.15) is 12.0 Å². The quantitative estimate of drug-likeness (QED) is 0.718. The van der Waals surface area contributed by atoms with Crippen molar-refractivity contribution in [3.63, 3.8) is 0 Å². The van der Waals surface area contributed by atoms with Gasteiger partial charge in [-0.15, -0.1) is 0 Å². The number of hydrogen-bond acceptors (Lipinski definition) is 4. The number of nitrogen functional groups attached to an aromatic ring is 1. The number of nitrogens with two attached hydrogens (primary N) is 1. The van der Waals surface area contributed by atoms with Crippen LogP contribution in [0.15, 0.2) is 6.33 Å². The van der Waals surface area contributed by atoms with Gasteiger partial charge in [-0.25, -0.2) is 9.97 Å². The molecule has 1 aliphatic rings. The number of hydrogen-bond donors (Lipinski definition) is 1. The van der Waals surface area contributed by atoms with Gasteiger partial charge in [-0.2, -0.15) is 0 Å². The number of aromatic nitrogens is 2. The van der Waals surface area contributed by atoms with Crippen LogP contribution in [-0.4, -0.2) is 23.1 Å². The number of nitrogens with zero attached hydrogens (tertiary/aromatic N) is 3. The Balaban J connectivity index is 2.28. The Bertz CT molecular complexity index is 342. The lowest BCUT2D eigenvalue weighted by molar-refractivity contribution is 0.659. The molecule has 2 N–H and O–H groups in total. The Kier molecular flexibility index (Phi) is 2.46. The molecule has 0 saturated carbocycles. The zero-order valence-corrected chi connectivity index (χ0v) is 8.83. The summed E-state index contributed by atoms with van der Waals surface area (Å²) in [6.45, 7) is 4.22. The van der Waals surface area contributed by atoms with Crippen molar-refractivity contribution in [2.75, 3.05) is 23.7 Å². The Morgan fingerprint density at radius 1 is 1.57 bits per heavy atom. The van der Waals surface area contributed by atoms with Gasteiger partial charge in [-0.1, -0.05) is 18.5 Å². The molecule has 1 fully saturated rings. The molecule has 1 unspecified atom stereocenters. The van der Waals surface area contributed by atoms with Gasteiger partial charge in [0.25, 0.3) is 0 Å². The van der Waals surface area contributed by atoms with Gasteiger partial charge in [-0.3, -0.25) is 0 Å². The van der Waals surface area contributed by atoms with Crippen molar-refractivity contribution < 1.29 is 0 Å². The highest BCUT2D eigenvalue weighted by atomic mass is 35.5. The molecule has 1 saturated heterocycles. The van der Waals surface area contributed by atoms with E-state index in [4.69, 9.17) is 17.3 Å². The van der Waals surface area contributed by atoms with Crippen LogP contribution in [0, 0.1) is 5.92 Å². The Morgan fingerprint density at radius 2 is 2.36 bits per heavy atom. The van der Waals surface area contributed by atoms with Crippen molar-refractivity contribution in [3.8, 4) is 0 Å². The van der Waals surface area contributed by atoms with E-state index in [0.717, 1.165) is 18.9 Å². The molecule has 2 heterocycles. The van der Waals surface area contributed by atoms with E-state index in [9.17, 15) is 0 Å². The van der Waals surface area contributed by atoms with Crippen molar-refractivity contribution in [1.29, 1.82) is 0 Å². The molecule has 1 aliphatic heterocycles. The van der Waals surface area contributed by atoms with Gasteiger partial charge in [0, 0.05) is 13.1 Å². The third-order valence-corrected chi connectivity index (χ3v) is 2.84. The average Bonchev–Trinajstić information content (AvgIpc) is 2.57. The first kappa shape index (κ1) is 9.52. The Hall–Kier alpha value is -1.03. The Labute approximate surface area is 88.1 Å². The predicted octanol–water partition coefficient (Wildman–Crippen LogP) is 1.56. The first-order valence-electron chi connectivity index (χ1n) is 4.69. The molecule has 0 spiro atoms. The van der Waals surface area contributed by atoms with Gasteiger partial charge < -0.3 is 10.6 Å². The molecule has 0 radical (unpaired) electrons.